The normalized spacial score (nSPS) is 18.5. The van der Waals surface area contributed by atoms with E-state index in [1.54, 1.807) is 20.0 Å². The van der Waals surface area contributed by atoms with Gasteiger partial charge in [-0.3, -0.25) is 0 Å². The van der Waals surface area contributed by atoms with Crippen molar-refractivity contribution in [2.75, 3.05) is 26.7 Å². The molecule has 0 saturated carbocycles. The molecule has 1 aromatic heterocycles. The van der Waals surface area contributed by atoms with Gasteiger partial charge in [-0.1, -0.05) is 6.92 Å². The van der Waals surface area contributed by atoms with E-state index in [1.165, 1.54) is 4.31 Å². The van der Waals surface area contributed by atoms with Crippen LogP contribution in [0.15, 0.2) is 15.4 Å². The Kier molecular flexibility index (Phi) is 5.08. The summed E-state index contributed by atoms with van der Waals surface area (Å²) in [6.07, 6.45) is 1.73. The molecule has 1 aliphatic heterocycles. The summed E-state index contributed by atoms with van der Waals surface area (Å²) in [4.78, 5) is 2.58. The van der Waals surface area contributed by atoms with Crippen LogP contribution in [0.5, 0.6) is 0 Å². The first kappa shape index (κ1) is 16.5. The molecule has 1 fully saturated rings. The zero-order chi connectivity index (χ0) is 15.6. The first-order valence-electron chi connectivity index (χ1n) is 7.40. The summed E-state index contributed by atoms with van der Waals surface area (Å²) in [6.45, 7) is 6.90. The standard InChI is InChI=1S/C14H25N3O3S/c1-4-17-7-5-12(6-8-17)16(3)21(18,19)14-9-13(10-15)20-11(14)2/h9,12H,4-8,10,15H2,1-3H3. The molecular weight excluding hydrogens is 290 g/mol. The number of hydrogen-bond acceptors (Lipinski definition) is 5. The van der Waals surface area contributed by atoms with E-state index in [0.29, 0.717) is 11.5 Å². The van der Waals surface area contributed by atoms with Crippen molar-refractivity contribution in [2.45, 2.75) is 44.2 Å². The van der Waals surface area contributed by atoms with Crippen LogP contribution >= 0.6 is 0 Å². The second kappa shape index (κ2) is 6.48. The van der Waals surface area contributed by atoms with Crippen molar-refractivity contribution in [3.63, 3.8) is 0 Å². The third kappa shape index (κ3) is 3.31. The molecule has 0 radical (unpaired) electrons. The average molecular weight is 315 g/mol. The number of piperidine rings is 1. The van der Waals surface area contributed by atoms with Gasteiger partial charge in [0.1, 0.15) is 16.4 Å². The molecular formula is C14H25N3O3S. The van der Waals surface area contributed by atoms with Crippen LogP contribution in [0, 0.1) is 6.92 Å². The Morgan fingerprint density at radius 2 is 2.05 bits per heavy atom. The zero-order valence-electron chi connectivity index (χ0n) is 13.0. The fourth-order valence-corrected chi connectivity index (χ4v) is 4.43. The monoisotopic (exact) mass is 315 g/mol. The Hall–Kier alpha value is -0.890. The van der Waals surface area contributed by atoms with Crippen LogP contribution in [0.3, 0.4) is 0 Å². The first-order chi connectivity index (χ1) is 9.90. The molecule has 21 heavy (non-hydrogen) atoms. The Morgan fingerprint density at radius 1 is 1.43 bits per heavy atom. The van der Waals surface area contributed by atoms with E-state index in [1.807, 2.05) is 0 Å². The van der Waals surface area contributed by atoms with E-state index in [4.69, 9.17) is 10.2 Å². The fourth-order valence-electron chi connectivity index (χ4n) is 2.83. The molecule has 2 N–H and O–H groups in total. The van der Waals surface area contributed by atoms with Crippen LogP contribution in [-0.2, 0) is 16.6 Å². The Balaban J connectivity index is 2.17. The summed E-state index contributed by atoms with van der Waals surface area (Å²) in [6, 6.07) is 1.59. The number of rotatable bonds is 5. The number of hydrogen-bond donors (Lipinski definition) is 1. The molecule has 0 amide bonds. The highest BCUT2D eigenvalue weighted by molar-refractivity contribution is 7.89. The lowest BCUT2D eigenvalue weighted by atomic mass is 10.1. The zero-order valence-corrected chi connectivity index (χ0v) is 13.8. The number of likely N-dealkylation sites (tertiary alicyclic amines) is 1. The highest BCUT2D eigenvalue weighted by atomic mass is 32.2. The summed E-state index contributed by atoms with van der Waals surface area (Å²) in [7, 11) is -1.85. The smallest absolute Gasteiger partial charge is 0.246 e. The van der Waals surface area contributed by atoms with Crippen molar-refractivity contribution in [3.8, 4) is 0 Å². The number of sulfonamides is 1. The minimum absolute atomic E-state index is 0.0495. The van der Waals surface area contributed by atoms with E-state index in [-0.39, 0.29) is 17.5 Å². The van der Waals surface area contributed by atoms with Crippen molar-refractivity contribution in [3.05, 3.63) is 17.6 Å². The van der Waals surface area contributed by atoms with Gasteiger partial charge in [0.15, 0.2) is 0 Å². The fraction of sp³-hybridized carbons (Fsp3) is 0.714. The quantitative estimate of drug-likeness (QED) is 0.882. The lowest BCUT2D eigenvalue weighted by Gasteiger charge is -2.35. The lowest BCUT2D eigenvalue weighted by molar-refractivity contribution is 0.176. The van der Waals surface area contributed by atoms with Gasteiger partial charge in [0.2, 0.25) is 10.0 Å². The topological polar surface area (TPSA) is 79.8 Å². The van der Waals surface area contributed by atoms with E-state index >= 15 is 0 Å². The largest absolute Gasteiger partial charge is 0.464 e. The lowest BCUT2D eigenvalue weighted by Crippen LogP contribution is -2.45. The summed E-state index contributed by atoms with van der Waals surface area (Å²) < 4.78 is 32.4. The van der Waals surface area contributed by atoms with Gasteiger partial charge >= 0.3 is 0 Å². The Morgan fingerprint density at radius 3 is 2.52 bits per heavy atom. The number of aryl methyl sites for hydroxylation is 1. The minimum atomic E-state index is -3.52. The van der Waals surface area contributed by atoms with E-state index < -0.39 is 10.0 Å². The molecule has 0 aromatic carbocycles. The van der Waals surface area contributed by atoms with Crippen LogP contribution in [0.1, 0.15) is 31.3 Å². The molecule has 2 heterocycles. The van der Waals surface area contributed by atoms with Gasteiger partial charge in [-0.05, 0) is 39.4 Å². The highest BCUT2D eigenvalue weighted by Crippen LogP contribution is 2.26. The van der Waals surface area contributed by atoms with Crippen LogP contribution in [0.2, 0.25) is 0 Å². The maximum absolute atomic E-state index is 12.7. The predicted octanol–water partition coefficient (Wildman–Crippen LogP) is 1.15. The summed E-state index contributed by atoms with van der Waals surface area (Å²) >= 11 is 0. The second-order valence-corrected chi connectivity index (χ2v) is 7.49. The Bertz CT molecular complexity index is 574. The SMILES string of the molecule is CCN1CCC(N(C)S(=O)(=O)c2cc(CN)oc2C)CC1. The molecule has 120 valence electrons. The van der Waals surface area contributed by atoms with Gasteiger partial charge in [-0.15, -0.1) is 0 Å². The Labute approximate surface area is 126 Å². The van der Waals surface area contributed by atoms with Crippen molar-refractivity contribution in [1.82, 2.24) is 9.21 Å². The first-order valence-corrected chi connectivity index (χ1v) is 8.84. The van der Waals surface area contributed by atoms with Crippen molar-refractivity contribution < 1.29 is 12.8 Å². The molecule has 0 aliphatic carbocycles. The molecule has 7 heteroatoms. The molecule has 0 atom stereocenters. The van der Waals surface area contributed by atoms with Gasteiger partial charge in [0.25, 0.3) is 0 Å². The van der Waals surface area contributed by atoms with Gasteiger partial charge in [0.05, 0.1) is 6.54 Å². The number of nitrogens with zero attached hydrogens (tertiary/aromatic N) is 2. The van der Waals surface area contributed by atoms with Crippen molar-refractivity contribution >= 4 is 10.0 Å². The number of furan rings is 1. The van der Waals surface area contributed by atoms with Crippen molar-refractivity contribution in [2.24, 2.45) is 5.73 Å². The summed E-state index contributed by atoms with van der Waals surface area (Å²) in [5, 5.41) is 0. The van der Waals surface area contributed by atoms with Gasteiger partial charge in [-0.2, -0.15) is 4.31 Å². The molecule has 1 aromatic rings. The molecule has 2 rings (SSSR count). The van der Waals surface area contributed by atoms with Crippen molar-refractivity contribution in [1.29, 1.82) is 0 Å². The third-order valence-electron chi connectivity index (χ3n) is 4.30. The van der Waals surface area contributed by atoms with Crippen LogP contribution in [0.25, 0.3) is 0 Å². The van der Waals surface area contributed by atoms with E-state index in [9.17, 15) is 8.42 Å². The van der Waals surface area contributed by atoms with E-state index in [2.05, 4.69) is 11.8 Å². The molecule has 0 spiro atoms. The van der Waals surface area contributed by atoms with Gasteiger partial charge in [0, 0.05) is 19.2 Å². The molecule has 1 aliphatic rings. The van der Waals surface area contributed by atoms with Crippen LogP contribution < -0.4 is 5.73 Å². The van der Waals surface area contributed by atoms with Gasteiger partial charge in [-0.25, -0.2) is 8.42 Å². The molecule has 0 bridgehead atoms. The number of nitrogens with two attached hydrogens (primary N) is 1. The summed E-state index contributed by atoms with van der Waals surface area (Å²) in [5.41, 5.74) is 5.52. The average Bonchev–Trinajstić information content (AvgIpc) is 2.88. The predicted molar refractivity (Wildman–Crippen MR) is 81.4 cm³/mol. The maximum atomic E-state index is 12.7. The van der Waals surface area contributed by atoms with Crippen LogP contribution in [0.4, 0.5) is 0 Å². The summed E-state index contributed by atoms with van der Waals surface area (Å²) in [5.74, 6) is 0.911. The molecule has 0 unspecified atom stereocenters. The minimum Gasteiger partial charge on any atom is -0.464 e. The third-order valence-corrected chi connectivity index (χ3v) is 6.32. The van der Waals surface area contributed by atoms with Crippen LogP contribution in [-0.4, -0.2) is 50.3 Å². The maximum Gasteiger partial charge on any atom is 0.246 e. The van der Waals surface area contributed by atoms with Gasteiger partial charge < -0.3 is 15.1 Å². The highest BCUT2D eigenvalue weighted by Gasteiger charge is 2.32. The molecule has 6 nitrogen and oxygen atoms in total. The van der Waals surface area contributed by atoms with E-state index in [0.717, 1.165) is 32.5 Å². The molecule has 1 saturated heterocycles. The second-order valence-electron chi connectivity index (χ2n) is 5.52.